The van der Waals surface area contributed by atoms with Gasteiger partial charge < -0.3 is 15.1 Å². The van der Waals surface area contributed by atoms with Crippen molar-refractivity contribution in [1.82, 2.24) is 10.6 Å². The van der Waals surface area contributed by atoms with Crippen molar-refractivity contribution in [2.45, 2.75) is 26.4 Å². The van der Waals surface area contributed by atoms with E-state index in [0.717, 1.165) is 16.5 Å². The third kappa shape index (κ3) is 2.71. The Bertz CT molecular complexity index is 533. The quantitative estimate of drug-likeness (QED) is 0.849. The molecule has 0 saturated carbocycles. The summed E-state index contributed by atoms with van der Waals surface area (Å²) in [5.41, 5.74) is 1.95. The number of benzene rings is 1. The van der Waals surface area contributed by atoms with Crippen molar-refractivity contribution in [3.63, 3.8) is 0 Å². The average molecular weight is 246 g/mol. The van der Waals surface area contributed by atoms with Gasteiger partial charge in [0.15, 0.2) is 0 Å². The molecule has 0 spiro atoms. The zero-order valence-corrected chi connectivity index (χ0v) is 10.7. The Morgan fingerprint density at radius 1 is 1.39 bits per heavy atom. The van der Waals surface area contributed by atoms with Gasteiger partial charge in [-0.2, -0.15) is 0 Å². The van der Waals surface area contributed by atoms with Crippen LogP contribution in [-0.2, 0) is 11.3 Å². The number of fused-ring (bicyclic) bond motifs is 1. The molecule has 1 amide bonds. The standard InChI is InChI=1S/C14H18N2O2/c1-3-15-14(17)10(2)16-8-11-9-18-13-7-5-4-6-12(11)13/h4-7,9-10,16H,3,8H2,1-2H3,(H,15,17). The van der Waals surface area contributed by atoms with Crippen molar-refractivity contribution < 1.29 is 9.21 Å². The molecule has 0 fully saturated rings. The zero-order valence-electron chi connectivity index (χ0n) is 10.7. The van der Waals surface area contributed by atoms with Crippen LogP contribution in [0.2, 0.25) is 0 Å². The molecule has 2 aromatic rings. The summed E-state index contributed by atoms with van der Waals surface area (Å²) in [6.45, 7) is 5.04. The molecule has 0 radical (unpaired) electrons. The summed E-state index contributed by atoms with van der Waals surface area (Å²) < 4.78 is 5.45. The molecule has 0 aliphatic heterocycles. The van der Waals surface area contributed by atoms with Gasteiger partial charge in [-0.25, -0.2) is 0 Å². The van der Waals surface area contributed by atoms with Crippen LogP contribution >= 0.6 is 0 Å². The fourth-order valence-electron chi connectivity index (χ4n) is 1.85. The fourth-order valence-corrected chi connectivity index (χ4v) is 1.85. The van der Waals surface area contributed by atoms with E-state index in [1.165, 1.54) is 0 Å². The molecule has 1 unspecified atom stereocenters. The van der Waals surface area contributed by atoms with Gasteiger partial charge in [-0.05, 0) is 19.9 Å². The van der Waals surface area contributed by atoms with Crippen LogP contribution in [0.3, 0.4) is 0 Å². The van der Waals surface area contributed by atoms with Crippen molar-refractivity contribution in [3.05, 3.63) is 36.1 Å². The lowest BCUT2D eigenvalue weighted by Crippen LogP contribution is -2.41. The second-order valence-corrected chi connectivity index (χ2v) is 4.25. The van der Waals surface area contributed by atoms with Crippen LogP contribution in [0.5, 0.6) is 0 Å². The molecule has 1 aromatic carbocycles. The number of carbonyl (C=O) groups is 1. The second-order valence-electron chi connectivity index (χ2n) is 4.25. The summed E-state index contributed by atoms with van der Waals surface area (Å²) in [6.07, 6.45) is 1.74. The van der Waals surface area contributed by atoms with Crippen LogP contribution in [0, 0.1) is 0 Å². The number of hydrogen-bond donors (Lipinski definition) is 2. The Kier molecular flexibility index (Phi) is 3.99. The fraction of sp³-hybridized carbons (Fsp3) is 0.357. The van der Waals surface area contributed by atoms with E-state index in [2.05, 4.69) is 10.6 Å². The third-order valence-corrected chi connectivity index (χ3v) is 2.90. The largest absolute Gasteiger partial charge is 0.464 e. The molecule has 2 rings (SSSR count). The molecule has 1 heterocycles. The van der Waals surface area contributed by atoms with E-state index in [4.69, 9.17) is 4.42 Å². The lowest BCUT2D eigenvalue weighted by atomic mass is 10.1. The lowest BCUT2D eigenvalue weighted by Gasteiger charge is -2.12. The van der Waals surface area contributed by atoms with Crippen molar-refractivity contribution in [2.75, 3.05) is 6.54 Å². The molecule has 4 heteroatoms. The summed E-state index contributed by atoms with van der Waals surface area (Å²) in [6, 6.07) is 7.67. The van der Waals surface area contributed by atoms with Gasteiger partial charge in [0.1, 0.15) is 5.58 Å². The molecule has 0 aliphatic rings. The first-order chi connectivity index (χ1) is 8.72. The Hall–Kier alpha value is -1.81. The summed E-state index contributed by atoms with van der Waals surface area (Å²) in [5.74, 6) is 0.0188. The third-order valence-electron chi connectivity index (χ3n) is 2.90. The predicted octanol–water partition coefficient (Wildman–Crippen LogP) is 2.05. The average Bonchev–Trinajstić information content (AvgIpc) is 2.79. The lowest BCUT2D eigenvalue weighted by molar-refractivity contribution is -0.122. The molecule has 0 aliphatic carbocycles. The van der Waals surface area contributed by atoms with Crippen LogP contribution < -0.4 is 10.6 Å². The second kappa shape index (κ2) is 5.69. The number of furan rings is 1. The molecular weight excluding hydrogens is 228 g/mol. The maximum Gasteiger partial charge on any atom is 0.236 e. The van der Waals surface area contributed by atoms with E-state index in [1.807, 2.05) is 38.1 Å². The Morgan fingerprint density at radius 3 is 2.94 bits per heavy atom. The molecule has 96 valence electrons. The summed E-state index contributed by atoms with van der Waals surface area (Å²) >= 11 is 0. The highest BCUT2D eigenvalue weighted by Crippen LogP contribution is 2.20. The number of rotatable bonds is 5. The first-order valence-electron chi connectivity index (χ1n) is 6.18. The molecule has 0 bridgehead atoms. The molecule has 0 saturated heterocycles. The van der Waals surface area contributed by atoms with Crippen molar-refractivity contribution in [1.29, 1.82) is 0 Å². The van der Waals surface area contributed by atoms with E-state index in [1.54, 1.807) is 6.26 Å². The highest BCUT2D eigenvalue weighted by molar-refractivity contribution is 5.82. The van der Waals surface area contributed by atoms with Gasteiger partial charge in [-0.15, -0.1) is 0 Å². The van der Waals surface area contributed by atoms with Crippen LogP contribution in [-0.4, -0.2) is 18.5 Å². The van der Waals surface area contributed by atoms with Crippen molar-refractivity contribution >= 4 is 16.9 Å². The van der Waals surface area contributed by atoms with Gasteiger partial charge in [0.05, 0.1) is 12.3 Å². The molecule has 18 heavy (non-hydrogen) atoms. The van der Waals surface area contributed by atoms with E-state index >= 15 is 0 Å². The first kappa shape index (κ1) is 12.6. The zero-order chi connectivity index (χ0) is 13.0. The molecular formula is C14H18N2O2. The maximum absolute atomic E-state index is 11.6. The SMILES string of the molecule is CCNC(=O)C(C)NCc1coc2ccccc12. The number of para-hydroxylation sites is 1. The topological polar surface area (TPSA) is 54.3 Å². The summed E-state index contributed by atoms with van der Waals surface area (Å²) in [4.78, 5) is 11.6. The first-order valence-corrected chi connectivity index (χ1v) is 6.18. The normalized spacial score (nSPS) is 12.6. The number of amides is 1. The van der Waals surface area contributed by atoms with E-state index in [9.17, 15) is 4.79 Å². The number of carbonyl (C=O) groups excluding carboxylic acids is 1. The van der Waals surface area contributed by atoms with Crippen LogP contribution in [0.4, 0.5) is 0 Å². The Balaban J connectivity index is 2.00. The molecule has 1 atom stereocenters. The minimum absolute atomic E-state index is 0.0188. The number of likely N-dealkylation sites (N-methyl/N-ethyl adjacent to an activating group) is 1. The minimum Gasteiger partial charge on any atom is -0.464 e. The smallest absolute Gasteiger partial charge is 0.236 e. The molecule has 4 nitrogen and oxygen atoms in total. The van der Waals surface area contributed by atoms with E-state index in [-0.39, 0.29) is 11.9 Å². The van der Waals surface area contributed by atoms with Gasteiger partial charge in [0, 0.05) is 24.0 Å². The van der Waals surface area contributed by atoms with E-state index < -0.39 is 0 Å². The van der Waals surface area contributed by atoms with Gasteiger partial charge >= 0.3 is 0 Å². The van der Waals surface area contributed by atoms with Gasteiger partial charge in [-0.3, -0.25) is 4.79 Å². The predicted molar refractivity (Wildman–Crippen MR) is 71.2 cm³/mol. The van der Waals surface area contributed by atoms with Gasteiger partial charge in [-0.1, -0.05) is 18.2 Å². The Morgan fingerprint density at radius 2 is 2.17 bits per heavy atom. The highest BCUT2D eigenvalue weighted by atomic mass is 16.3. The van der Waals surface area contributed by atoms with Crippen LogP contribution in [0.15, 0.2) is 34.9 Å². The van der Waals surface area contributed by atoms with Crippen LogP contribution in [0.25, 0.3) is 11.0 Å². The molecule has 2 N–H and O–H groups in total. The van der Waals surface area contributed by atoms with Crippen LogP contribution in [0.1, 0.15) is 19.4 Å². The monoisotopic (exact) mass is 246 g/mol. The minimum atomic E-state index is -0.210. The number of nitrogens with one attached hydrogen (secondary N) is 2. The maximum atomic E-state index is 11.6. The summed E-state index contributed by atoms with van der Waals surface area (Å²) in [5, 5.41) is 7.07. The van der Waals surface area contributed by atoms with Crippen molar-refractivity contribution in [2.24, 2.45) is 0 Å². The van der Waals surface area contributed by atoms with Gasteiger partial charge in [0.2, 0.25) is 5.91 Å². The van der Waals surface area contributed by atoms with E-state index in [0.29, 0.717) is 13.1 Å². The summed E-state index contributed by atoms with van der Waals surface area (Å²) in [7, 11) is 0. The van der Waals surface area contributed by atoms with Gasteiger partial charge in [0.25, 0.3) is 0 Å². The van der Waals surface area contributed by atoms with Crippen molar-refractivity contribution in [3.8, 4) is 0 Å². The highest BCUT2D eigenvalue weighted by Gasteiger charge is 2.12. The Labute approximate surface area is 106 Å². The number of hydrogen-bond acceptors (Lipinski definition) is 3. The molecule has 1 aromatic heterocycles.